The Hall–Kier alpha value is -1.36. The number of aromatic nitrogens is 2. The van der Waals surface area contributed by atoms with E-state index in [9.17, 15) is 0 Å². The summed E-state index contributed by atoms with van der Waals surface area (Å²) in [6, 6.07) is 1.91. The van der Waals surface area contributed by atoms with Crippen LogP contribution in [0, 0.1) is 0 Å². The Bertz CT molecular complexity index is 355. The average Bonchev–Trinajstić information content (AvgIpc) is 2.34. The molecule has 18 heavy (non-hydrogen) atoms. The highest BCUT2D eigenvalue weighted by atomic mass is 16.5. The van der Waals surface area contributed by atoms with E-state index in [0.29, 0.717) is 6.61 Å². The van der Waals surface area contributed by atoms with Crippen molar-refractivity contribution in [1.82, 2.24) is 9.97 Å². The van der Waals surface area contributed by atoms with Crippen LogP contribution in [0.25, 0.3) is 0 Å². The highest BCUT2D eigenvalue weighted by Gasteiger charge is 2.03. The summed E-state index contributed by atoms with van der Waals surface area (Å²) in [6.45, 7) is 7.62. The van der Waals surface area contributed by atoms with Crippen molar-refractivity contribution in [2.45, 2.75) is 39.7 Å². The molecule has 5 heteroatoms. The van der Waals surface area contributed by atoms with Crippen LogP contribution < -0.4 is 10.6 Å². The van der Waals surface area contributed by atoms with Crippen molar-refractivity contribution in [3.8, 4) is 0 Å². The van der Waals surface area contributed by atoms with Gasteiger partial charge in [-0.05, 0) is 20.3 Å². The predicted molar refractivity (Wildman–Crippen MR) is 75.2 cm³/mol. The second-order valence-electron chi connectivity index (χ2n) is 4.40. The number of anilines is 2. The molecule has 102 valence electrons. The molecule has 1 heterocycles. The minimum Gasteiger partial charge on any atom is -0.377 e. The lowest BCUT2D eigenvalue weighted by Gasteiger charge is -2.11. The lowest BCUT2D eigenvalue weighted by atomic mass is 10.3. The Labute approximate surface area is 109 Å². The van der Waals surface area contributed by atoms with Gasteiger partial charge in [-0.1, -0.05) is 6.92 Å². The molecular formula is C13H24N4O. The summed E-state index contributed by atoms with van der Waals surface area (Å²) in [7, 11) is 1.86. The highest BCUT2D eigenvalue weighted by molar-refractivity contribution is 5.47. The Morgan fingerprint density at radius 2 is 2.00 bits per heavy atom. The summed E-state index contributed by atoms with van der Waals surface area (Å²) < 4.78 is 5.48. The Morgan fingerprint density at radius 3 is 2.61 bits per heavy atom. The SMILES string of the molecule is CCCc1nc(NC)cc(NCCOC(C)C)n1. The van der Waals surface area contributed by atoms with Crippen molar-refractivity contribution in [1.29, 1.82) is 0 Å². The molecule has 0 fully saturated rings. The van der Waals surface area contributed by atoms with Crippen molar-refractivity contribution >= 4 is 11.6 Å². The van der Waals surface area contributed by atoms with E-state index in [2.05, 4.69) is 27.5 Å². The molecule has 0 saturated heterocycles. The van der Waals surface area contributed by atoms with E-state index < -0.39 is 0 Å². The fourth-order valence-corrected chi connectivity index (χ4v) is 1.52. The number of nitrogens with one attached hydrogen (secondary N) is 2. The number of hydrogen-bond donors (Lipinski definition) is 2. The Morgan fingerprint density at radius 1 is 1.28 bits per heavy atom. The third-order valence-electron chi connectivity index (χ3n) is 2.36. The second kappa shape index (κ2) is 7.87. The largest absolute Gasteiger partial charge is 0.377 e. The molecule has 1 aromatic rings. The topological polar surface area (TPSA) is 59.1 Å². The van der Waals surface area contributed by atoms with Crippen molar-refractivity contribution in [2.24, 2.45) is 0 Å². The first-order valence-electron chi connectivity index (χ1n) is 6.57. The van der Waals surface area contributed by atoms with Crippen LogP contribution in [0.5, 0.6) is 0 Å². The Kier molecular flexibility index (Phi) is 6.43. The van der Waals surface area contributed by atoms with Crippen LogP contribution >= 0.6 is 0 Å². The van der Waals surface area contributed by atoms with Crippen molar-refractivity contribution < 1.29 is 4.74 Å². The molecule has 0 aromatic carbocycles. The molecule has 0 saturated carbocycles. The molecule has 0 aliphatic rings. The van der Waals surface area contributed by atoms with Gasteiger partial charge in [-0.15, -0.1) is 0 Å². The fraction of sp³-hybridized carbons (Fsp3) is 0.692. The molecule has 5 nitrogen and oxygen atoms in total. The van der Waals surface area contributed by atoms with E-state index in [4.69, 9.17) is 4.74 Å². The quantitative estimate of drug-likeness (QED) is 0.695. The maximum Gasteiger partial charge on any atom is 0.133 e. The molecule has 0 bridgehead atoms. The lowest BCUT2D eigenvalue weighted by molar-refractivity contribution is 0.0870. The summed E-state index contributed by atoms with van der Waals surface area (Å²) >= 11 is 0. The number of hydrogen-bond acceptors (Lipinski definition) is 5. The minimum atomic E-state index is 0.265. The van der Waals surface area contributed by atoms with Crippen LogP contribution in [-0.2, 0) is 11.2 Å². The molecule has 0 atom stereocenters. The van der Waals surface area contributed by atoms with Crippen molar-refractivity contribution in [2.75, 3.05) is 30.8 Å². The van der Waals surface area contributed by atoms with E-state index in [1.165, 1.54) is 0 Å². The first-order valence-corrected chi connectivity index (χ1v) is 6.57. The van der Waals surface area contributed by atoms with Gasteiger partial charge >= 0.3 is 0 Å². The van der Waals surface area contributed by atoms with Gasteiger partial charge in [0.25, 0.3) is 0 Å². The number of ether oxygens (including phenoxy) is 1. The number of nitrogens with zero attached hydrogens (tertiary/aromatic N) is 2. The van der Waals surface area contributed by atoms with Crippen LogP contribution in [-0.4, -0.2) is 36.3 Å². The lowest BCUT2D eigenvalue weighted by Crippen LogP contribution is -2.14. The van der Waals surface area contributed by atoms with Gasteiger partial charge in [0.05, 0.1) is 12.7 Å². The minimum absolute atomic E-state index is 0.265. The summed E-state index contributed by atoms with van der Waals surface area (Å²) in [6.07, 6.45) is 2.20. The Balaban J connectivity index is 2.55. The third-order valence-corrected chi connectivity index (χ3v) is 2.36. The van der Waals surface area contributed by atoms with Gasteiger partial charge in [0, 0.05) is 26.1 Å². The molecule has 1 rings (SSSR count). The summed E-state index contributed by atoms with van der Waals surface area (Å²) in [5.41, 5.74) is 0. The van der Waals surface area contributed by atoms with E-state index in [1.807, 2.05) is 27.0 Å². The van der Waals surface area contributed by atoms with Gasteiger partial charge in [0.2, 0.25) is 0 Å². The third kappa shape index (κ3) is 5.31. The first-order chi connectivity index (χ1) is 8.65. The van der Waals surface area contributed by atoms with Crippen LogP contribution in [0.2, 0.25) is 0 Å². The van der Waals surface area contributed by atoms with Crippen LogP contribution in [0.4, 0.5) is 11.6 Å². The molecule has 0 unspecified atom stereocenters. The summed E-state index contributed by atoms with van der Waals surface area (Å²) in [4.78, 5) is 8.87. The maximum atomic E-state index is 5.48. The van der Waals surface area contributed by atoms with E-state index in [1.54, 1.807) is 0 Å². The molecule has 0 radical (unpaired) electrons. The van der Waals surface area contributed by atoms with Gasteiger partial charge in [-0.25, -0.2) is 9.97 Å². The van der Waals surface area contributed by atoms with Gasteiger partial charge in [0.1, 0.15) is 17.5 Å². The standard InChI is InChI=1S/C13H24N4O/c1-5-6-11-16-12(14-4)9-13(17-11)15-7-8-18-10(2)3/h9-10H,5-8H2,1-4H3,(H2,14,15,16,17). The molecule has 0 amide bonds. The fourth-order valence-electron chi connectivity index (χ4n) is 1.52. The summed E-state index contributed by atoms with van der Waals surface area (Å²) in [5.74, 6) is 2.57. The summed E-state index contributed by atoms with van der Waals surface area (Å²) in [5, 5.41) is 6.31. The van der Waals surface area contributed by atoms with Crippen molar-refractivity contribution in [3.63, 3.8) is 0 Å². The van der Waals surface area contributed by atoms with E-state index in [0.717, 1.165) is 36.8 Å². The van der Waals surface area contributed by atoms with E-state index >= 15 is 0 Å². The average molecular weight is 252 g/mol. The normalized spacial score (nSPS) is 10.7. The molecule has 0 aliphatic carbocycles. The monoisotopic (exact) mass is 252 g/mol. The zero-order valence-electron chi connectivity index (χ0n) is 11.8. The smallest absolute Gasteiger partial charge is 0.133 e. The second-order valence-corrected chi connectivity index (χ2v) is 4.40. The number of rotatable bonds is 8. The predicted octanol–water partition coefficient (Wildman–Crippen LogP) is 2.31. The number of aryl methyl sites for hydroxylation is 1. The van der Waals surface area contributed by atoms with Crippen LogP contribution in [0.3, 0.4) is 0 Å². The first kappa shape index (κ1) is 14.7. The van der Waals surface area contributed by atoms with E-state index in [-0.39, 0.29) is 6.10 Å². The molecule has 1 aromatic heterocycles. The van der Waals surface area contributed by atoms with Crippen LogP contribution in [0.15, 0.2) is 6.07 Å². The molecular weight excluding hydrogens is 228 g/mol. The maximum absolute atomic E-state index is 5.48. The van der Waals surface area contributed by atoms with Crippen molar-refractivity contribution in [3.05, 3.63) is 11.9 Å². The zero-order chi connectivity index (χ0) is 13.4. The van der Waals surface area contributed by atoms with Gasteiger partial charge in [-0.2, -0.15) is 0 Å². The molecule has 2 N–H and O–H groups in total. The van der Waals surface area contributed by atoms with Gasteiger partial charge in [0.15, 0.2) is 0 Å². The highest BCUT2D eigenvalue weighted by Crippen LogP contribution is 2.11. The molecule has 0 spiro atoms. The zero-order valence-corrected chi connectivity index (χ0v) is 11.8. The van der Waals surface area contributed by atoms with Gasteiger partial charge in [-0.3, -0.25) is 0 Å². The van der Waals surface area contributed by atoms with Gasteiger partial charge < -0.3 is 15.4 Å². The van der Waals surface area contributed by atoms with Crippen LogP contribution in [0.1, 0.15) is 33.0 Å². The molecule has 0 aliphatic heterocycles.